The van der Waals surface area contributed by atoms with Crippen LogP contribution in [0.5, 0.6) is 0 Å². The number of aliphatic hydroxyl groups excluding tert-OH is 1. The molecule has 0 radical (unpaired) electrons. The predicted molar refractivity (Wildman–Crippen MR) is 72.3 cm³/mol. The van der Waals surface area contributed by atoms with Crippen LogP contribution in [-0.4, -0.2) is 44.3 Å². The van der Waals surface area contributed by atoms with Crippen molar-refractivity contribution in [2.45, 2.75) is 56.8 Å². The van der Waals surface area contributed by atoms with Crippen molar-refractivity contribution in [2.24, 2.45) is 5.92 Å². The Labute approximate surface area is 111 Å². The van der Waals surface area contributed by atoms with E-state index in [-0.39, 0.29) is 11.2 Å². The van der Waals surface area contributed by atoms with E-state index in [4.69, 9.17) is 4.74 Å². The van der Waals surface area contributed by atoms with E-state index < -0.39 is 15.9 Å². The number of hydrogen-bond acceptors (Lipinski definition) is 4. The van der Waals surface area contributed by atoms with Gasteiger partial charge in [0.1, 0.15) is 9.84 Å². The predicted octanol–water partition coefficient (Wildman–Crippen LogP) is 1.77. The molecule has 5 heteroatoms. The molecular formula is C13H26O4S. The van der Waals surface area contributed by atoms with E-state index in [1.54, 1.807) is 0 Å². The maximum absolute atomic E-state index is 11.5. The Kier molecular flexibility index (Phi) is 6.60. The molecule has 3 unspecified atom stereocenters. The van der Waals surface area contributed by atoms with Gasteiger partial charge in [-0.05, 0) is 38.0 Å². The third-order valence-electron chi connectivity index (χ3n) is 3.72. The summed E-state index contributed by atoms with van der Waals surface area (Å²) < 4.78 is 28.5. The normalized spacial score (nSPS) is 27.1. The zero-order valence-electron chi connectivity index (χ0n) is 11.5. The first-order valence-electron chi connectivity index (χ1n) is 6.89. The molecule has 1 rings (SSSR count). The molecule has 0 aromatic carbocycles. The minimum absolute atomic E-state index is 0.115. The Bertz CT molecular complexity index is 326. The van der Waals surface area contributed by atoms with Crippen LogP contribution in [0.4, 0.5) is 0 Å². The van der Waals surface area contributed by atoms with Gasteiger partial charge < -0.3 is 9.84 Å². The summed E-state index contributed by atoms with van der Waals surface area (Å²) in [6, 6.07) is 0. The van der Waals surface area contributed by atoms with Crippen LogP contribution in [0.15, 0.2) is 0 Å². The molecule has 3 atom stereocenters. The van der Waals surface area contributed by atoms with E-state index in [0.717, 1.165) is 32.3 Å². The van der Waals surface area contributed by atoms with Crippen LogP contribution in [0.3, 0.4) is 0 Å². The van der Waals surface area contributed by atoms with Gasteiger partial charge in [0.05, 0.1) is 11.4 Å². The standard InChI is InChI=1S/C13H26O4S/c1-3-8-17-9-7-13(14)11-5-4-6-12(10-11)18(2,15)16/h11-14H,3-10H2,1-2H3. The van der Waals surface area contributed by atoms with Gasteiger partial charge in [-0.2, -0.15) is 0 Å². The molecule has 0 heterocycles. The van der Waals surface area contributed by atoms with E-state index in [0.29, 0.717) is 19.4 Å². The van der Waals surface area contributed by atoms with Crippen molar-refractivity contribution in [3.63, 3.8) is 0 Å². The lowest BCUT2D eigenvalue weighted by Gasteiger charge is -2.31. The van der Waals surface area contributed by atoms with E-state index in [1.165, 1.54) is 6.26 Å². The smallest absolute Gasteiger partial charge is 0.150 e. The summed E-state index contributed by atoms with van der Waals surface area (Å²) in [7, 11) is -2.96. The number of sulfone groups is 1. The molecule has 1 fully saturated rings. The van der Waals surface area contributed by atoms with Crippen LogP contribution in [-0.2, 0) is 14.6 Å². The Morgan fingerprint density at radius 1 is 1.33 bits per heavy atom. The number of rotatable bonds is 7. The Hall–Kier alpha value is -0.130. The minimum Gasteiger partial charge on any atom is -0.393 e. The van der Waals surface area contributed by atoms with Crippen LogP contribution in [0, 0.1) is 5.92 Å². The van der Waals surface area contributed by atoms with Crippen molar-refractivity contribution in [3.05, 3.63) is 0 Å². The fourth-order valence-electron chi connectivity index (χ4n) is 2.61. The van der Waals surface area contributed by atoms with Crippen molar-refractivity contribution in [1.82, 2.24) is 0 Å². The van der Waals surface area contributed by atoms with Gasteiger partial charge in [-0.25, -0.2) is 8.42 Å². The van der Waals surface area contributed by atoms with Gasteiger partial charge in [0.15, 0.2) is 0 Å². The van der Waals surface area contributed by atoms with Gasteiger partial charge in [0, 0.05) is 19.5 Å². The van der Waals surface area contributed by atoms with Gasteiger partial charge in [0.2, 0.25) is 0 Å². The summed E-state index contributed by atoms with van der Waals surface area (Å²) in [5, 5.41) is 9.82. The van der Waals surface area contributed by atoms with Crippen molar-refractivity contribution >= 4 is 9.84 Å². The van der Waals surface area contributed by atoms with Crippen molar-refractivity contribution in [2.75, 3.05) is 19.5 Å². The van der Waals surface area contributed by atoms with E-state index >= 15 is 0 Å². The molecule has 0 aromatic rings. The van der Waals surface area contributed by atoms with E-state index in [2.05, 4.69) is 0 Å². The average molecular weight is 278 g/mol. The Balaban J connectivity index is 2.36. The Morgan fingerprint density at radius 2 is 2.06 bits per heavy atom. The monoisotopic (exact) mass is 278 g/mol. The summed E-state index contributed by atoms with van der Waals surface area (Å²) in [5.74, 6) is 0.115. The molecule has 1 aliphatic carbocycles. The van der Waals surface area contributed by atoms with Crippen molar-refractivity contribution < 1.29 is 18.3 Å². The Morgan fingerprint density at radius 3 is 2.67 bits per heavy atom. The first-order chi connectivity index (χ1) is 8.45. The van der Waals surface area contributed by atoms with Crippen molar-refractivity contribution in [3.8, 4) is 0 Å². The molecule has 1 saturated carbocycles. The van der Waals surface area contributed by atoms with Gasteiger partial charge in [0.25, 0.3) is 0 Å². The zero-order valence-corrected chi connectivity index (χ0v) is 12.3. The molecule has 0 aromatic heterocycles. The first-order valence-corrected chi connectivity index (χ1v) is 8.85. The largest absolute Gasteiger partial charge is 0.393 e. The minimum atomic E-state index is -2.96. The van der Waals surface area contributed by atoms with Crippen LogP contribution < -0.4 is 0 Å². The first kappa shape index (κ1) is 15.9. The molecule has 0 spiro atoms. The highest BCUT2D eigenvalue weighted by Crippen LogP contribution is 2.31. The molecule has 0 aliphatic heterocycles. The lowest BCUT2D eigenvalue weighted by molar-refractivity contribution is 0.0395. The number of aliphatic hydroxyl groups is 1. The van der Waals surface area contributed by atoms with Crippen LogP contribution in [0.1, 0.15) is 45.4 Å². The molecular weight excluding hydrogens is 252 g/mol. The highest BCUT2D eigenvalue weighted by molar-refractivity contribution is 7.91. The molecule has 0 amide bonds. The zero-order chi connectivity index (χ0) is 13.6. The fraction of sp³-hybridized carbons (Fsp3) is 1.00. The van der Waals surface area contributed by atoms with E-state index in [9.17, 15) is 13.5 Å². The average Bonchev–Trinajstić information content (AvgIpc) is 2.33. The SMILES string of the molecule is CCCOCCC(O)C1CCCC(S(C)(=O)=O)C1. The molecule has 0 saturated heterocycles. The van der Waals surface area contributed by atoms with Gasteiger partial charge in [-0.15, -0.1) is 0 Å². The van der Waals surface area contributed by atoms with E-state index in [1.807, 2.05) is 6.92 Å². The lowest BCUT2D eigenvalue weighted by atomic mass is 9.84. The summed E-state index contributed by atoms with van der Waals surface area (Å²) >= 11 is 0. The topological polar surface area (TPSA) is 63.6 Å². The second-order valence-electron chi connectivity index (χ2n) is 5.35. The quantitative estimate of drug-likeness (QED) is 0.721. The van der Waals surface area contributed by atoms with Gasteiger partial charge in [-0.1, -0.05) is 13.3 Å². The highest BCUT2D eigenvalue weighted by Gasteiger charge is 2.32. The summed E-state index contributed by atoms with van der Waals surface area (Å²) in [6.45, 7) is 3.34. The summed E-state index contributed by atoms with van der Waals surface area (Å²) in [5.41, 5.74) is 0. The van der Waals surface area contributed by atoms with Crippen LogP contribution >= 0.6 is 0 Å². The van der Waals surface area contributed by atoms with Crippen molar-refractivity contribution in [1.29, 1.82) is 0 Å². The fourth-order valence-corrected chi connectivity index (χ4v) is 3.80. The van der Waals surface area contributed by atoms with Crippen LogP contribution in [0.2, 0.25) is 0 Å². The molecule has 1 aliphatic rings. The molecule has 1 N–H and O–H groups in total. The second kappa shape index (κ2) is 7.46. The molecule has 18 heavy (non-hydrogen) atoms. The summed E-state index contributed by atoms with van der Waals surface area (Å²) in [6.07, 6.45) is 5.65. The van der Waals surface area contributed by atoms with Gasteiger partial charge in [-0.3, -0.25) is 0 Å². The lowest BCUT2D eigenvalue weighted by Crippen LogP contribution is -2.33. The molecule has 108 valence electrons. The number of ether oxygens (including phenoxy) is 1. The molecule has 4 nitrogen and oxygen atoms in total. The van der Waals surface area contributed by atoms with Crippen LogP contribution in [0.25, 0.3) is 0 Å². The number of hydrogen-bond donors (Lipinski definition) is 1. The molecule has 0 bridgehead atoms. The third-order valence-corrected chi connectivity index (χ3v) is 5.36. The maximum Gasteiger partial charge on any atom is 0.150 e. The second-order valence-corrected chi connectivity index (χ2v) is 7.67. The highest BCUT2D eigenvalue weighted by atomic mass is 32.2. The maximum atomic E-state index is 11.5. The third kappa shape index (κ3) is 5.24. The summed E-state index contributed by atoms with van der Waals surface area (Å²) in [4.78, 5) is 0. The van der Waals surface area contributed by atoms with Gasteiger partial charge >= 0.3 is 0 Å².